The maximum atomic E-state index is 12.3. The number of benzene rings is 1. The average molecular weight is 288 g/mol. The first kappa shape index (κ1) is 16.3. The largest absolute Gasteiger partial charge is 0.434 e. The molecule has 5 nitrogen and oxygen atoms in total. The molecule has 1 amide bonds. The van der Waals surface area contributed by atoms with Gasteiger partial charge >= 0.3 is 6.61 Å². The first-order chi connectivity index (χ1) is 9.45. The van der Waals surface area contributed by atoms with Crippen molar-refractivity contribution in [3.05, 3.63) is 29.8 Å². The number of ether oxygens (including phenoxy) is 2. The molecular weight excluding hydrogens is 270 g/mol. The third-order valence-electron chi connectivity index (χ3n) is 2.57. The Morgan fingerprint density at radius 3 is 2.65 bits per heavy atom. The lowest BCUT2D eigenvalue weighted by molar-refractivity contribution is -0.0502. The van der Waals surface area contributed by atoms with E-state index in [0.29, 0.717) is 6.61 Å². The van der Waals surface area contributed by atoms with Gasteiger partial charge < -0.3 is 20.1 Å². The third-order valence-corrected chi connectivity index (χ3v) is 2.57. The highest BCUT2D eigenvalue weighted by Crippen LogP contribution is 2.21. The van der Waals surface area contributed by atoms with Crippen LogP contribution in [0.2, 0.25) is 0 Å². The number of rotatable bonds is 7. The zero-order valence-electron chi connectivity index (χ0n) is 11.4. The average Bonchev–Trinajstić information content (AvgIpc) is 2.38. The molecule has 0 heterocycles. The van der Waals surface area contributed by atoms with Crippen molar-refractivity contribution >= 4 is 5.91 Å². The number of para-hydroxylation sites is 1. The van der Waals surface area contributed by atoms with Crippen molar-refractivity contribution in [2.75, 3.05) is 27.3 Å². The van der Waals surface area contributed by atoms with Gasteiger partial charge in [-0.3, -0.25) is 4.79 Å². The zero-order valence-corrected chi connectivity index (χ0v) is 11.4. The minimum atomic E-state index is -2.98. The molecule has 0 saturated heterocycles. The van der Waals surface area contributed by atoms with E-state index < -0.39 is 12.5 Å². The van der Waals surface area contributed by atoms with Crippen LogP contribution in [0.1, 0.15) is 10.4 Å². The normalized spacial score (nSPS) is 12.3. The molecular formula is C13H18F2N2O3. The lowest BCUT2D eigenvalue weighted by atomic mass is 10.1. The number of carbonyl (C=O) groups excluding carboxylic acids is 1. The summed E-state index contributed by atoms with van der Waals surface area (Å²) in [6.07, 6.45) is 0. The molecule has 0 saturated carbocycles. The van der Waals surface area contributed by atoms with Crippen molar-refractivity contribution in [2.45, 2.75) is 12.7 Å². The summed E-state index contributed by atoms with van der Waals surface area (Å²) in [5.74, 6) is -0.590. The molecule has 1 atom stereocenters. The molecule has 112 valence electrons. The lowest BCUT2D eigenvalue weighted by Gasteiger charge is -2.22. The number of nitrogens with two attached hydrogens (primary N) is 1. The van der Waals surface area contributed by atoms with Gasteiger partial charge in [0.05, 0.1) is 12.2 Å². The Morgan fingerprint density at radius 2 is 2.05 bits per heavy atom. The highest BCUT2D eigenvalue weighted by molar-refractivity contribution is 5.96. The third kappa shape index (κ3) is 4.75. The van der Waals surface area contributed by atoms with Crippen LogP contribution >= 0.6 is 0 Å². The molecule has 1 rings (SSSR count). The van der Waals surface area contributed by atoms with Crippen LogP contribution in [0, 0.1) is 0 Å². The smallest absolute Gasteiger partial charge is 0.387 e. The van der Waals surface area contributed by atoms with Crippen molar-refractivity contribution in [1.82, 2.24) is 4.90 Å². The van der Waals surface area contributed by atoms with E-state index in [4.69, 9.17) is 10.5 Å². The first-order valence-corrected chi connectivity index (χ1v) is 5.99. The summed E-state index contributed by atoms with van der Waals surface area (Å²) in [6, 6.07) is 5.50. The molecule has 2 N–H and O–H groups in total. The molecule has 0 aliphatic heterocycles. The molecule has 0 aromatic heterocycles. The summed E-state index contributed by atoms with van der Waals surface area (Å²) < 4.78 is 33.8. The molecule has 0 radical (unpaired) electrons. The quantitative estimate of drug-likeness (QED) is 0.822. The van der Waals surface area contributed by atoms with Crippen LogP contribution in [0.25, 0.3) is 0 Å². The van der Waals surface area contributed by atoms with Gasteiger partial charge in [0.25, 0.3) is 5.91 Å². The Hall–Kier alpha value is -1.73. The molecule has 0 fully saturated rings. The number of carbonyl (C=O) groups is 1. The minimum Gasteiger partial charge on any atom is -0.434 e. The second-order valence-corrected chi connectivity index (χ2v) is 4.28. The van der Waals surface area contributed by atoms with Gasteiger partial charge in [-0.1, -0.05) is 12.1 Å². The number of hydrogen-bond donors (Lipinski definition) is 1. The Kier molecular flexibility index (Phi) is 6.33. The number of alkyl halides is 2. The van der Waals surface area contributed by atoms with Crippen LogP contribution in [0.15, 0.2) is 24.3 Å². The zero-order chi connectivity index (χ0) is 15.1. The predicted molar refractivity (Wildman–Crippen MR) is 69.9 cm³/mol. The predicted octanol–water partition coefficient (Wildman–Crippen LogP) is 1.33. The summed E-state index contributed by atoms with van der Waals surface area (Å²) in [5, 5.41) is 0. The standard InChI is InChI=1S/C13H18F2N2O3/c1-17(7-9(16)8-19-2)12(18)10-5-3-4-6-11(10)20-13(14)15/h3-6,9,13H,7-8,16H2,1-2H3. The number of likely N-dealkylation sites (N-methyl/N-ethyl adjacent to an activating group) is 1. The Bertz CT molecular complexity index is 443. The summed E-state index contributed by atoms with van der Waals surface area (Å²) >= 11 is 0. The van der Waals surface area contributed by atoms with E-state index in [1.807, 2.05) is 0 Å². The van der Waals surface area contributed by atoms with Gasteiger partial charge in [0.1, 0.15) is 5.75 Å². The van der Waals surface area contributed by atoms with E-state index in [9.17, 15) is 13.6 Å². The molecule has 1 aromatic rings. The van der Waals surface area contributed by atoms with E-state index in [-0.39, 0.29) is 23.9 Å². The number of nitrogens with zero attached hydrogens (tertiary/aromatic N) is 1. The van der Waals surface area contributed by atoms with Crippen molar-refractivity contribution in [3.8, 4) is 5.75 Å². The molecule has 7 heteroatoms. The second kappa shape index (κ2) is 7.76. The van der Waals surface area contributed by atoms with Crippen molar-refractivity contribution in [2.24, 2.45) is 5.73 Å². The molecule has 0 aliphatic rings. The van der Waals surface area contributed by atoms with E-state index >= 15 is 0 Å². The number of halogens is 2. The van der Waals surface area contributed by atoms with Gasteiger partial charge in [0.15, 0.2) is 0 Å². The van der Waals surface area contributed by atoms with Crippen LogP contribution in [0.4, 0.5) is 8.78 Å². The van der Waals surface area contributed by atoms with Gasteiger partial charge in [-0.25, -0.2) is 0 Å². The van der Waals surface area contributed by atoms with Gasteiger partial charge in [-0.2, -0.15) is 8.78 Å². The van der Waals surface area contributed by atoms with Gasteiger partial charge in [0.2, 0.25) is 0 Å². The molecule has 0 spiro atoms. The lowest BCUT2D eigenvalue weighted by Crippen LogP contribution is -2.41. The molecule has 20 heavy (non-hydrogen) atoms. The maximum absolute atomic E-state index is 12.3. The maximum Gasteiger partial charge on any atom is 0.387 e. The Labute approximate surface area is 116 Å². The summed E-state index contributed by atoms with van der Waals surface area (Å²) in [4.78, 5) is 13.5. The monoisotopic (exact) mass is 288 g/mol. The van der Waals surface area contributed by atoms with Gasteiger partial charge in [0, 0.05) is 26.7 Å². The fraction of sp³-hybridized carbons (Fsp3) is 0.462. The van der Waals surface area contributed by atoms with Crippen LogP contribution < -0.4 is 10.5 Å². The van der Waals surface area contributed by atoms with Crippen molar-refractivity contribution in [1.29, 1.82) is 0 Å². The van der Waals surface area contributed by atoms with Crippen LogP contribution in [0.3, 0.4) is 0 Å². The van der Waals surface area contributed by atoms with Gasteiger partial charge in [-0.15, -0.1) is 0 Å². The summed E-state index contributed by atoms with van der Waals surface area (Å²) in [6.45, 7) is -2.44. The number of amides is 1. The van der Waals surface area contributed by atoms with Crippen LogP contribution in [0.5, 0.6) is 5.75 Å². The molecule has 1 unspecified atom stereocenters. The molecule has 0 aliphatic carbocycles. The Morgan fingerprint density at radius 1 is 1.40 bits per heavy atom. The fourth-order valence-corrected chi connectivity index (χ4v) is 1.75. The number of methoxy groups -OCH3 is 1. The van der Waals surface area contributed by atoms with E-state index in [0.717, 1.165) is 0 Å². The SMILES string of the molecule is COCC(N)CN(C)C(=O)c1ccccc1OC(F)F. The van der Waals surface area contributed by atoms with Crippen molar-refractivity contribution < 1.29 is 23.0 Å². The summed E-state index contributed by atoms with van der Waals surface area (Å²) in [5.41, 5.74) is 5.82. The Balaban J connectivity index is 2.80. The molecule has 0 bridgehead atoms. The highest BCUT2D eigenvalue weighted by Gasteiger charge is 2.19. The topological polar surface area (TPSA) is 64.8 Å². The van der Waals surface area contributed by atoms with E-state index in [1.54, 1.807) is 6.07 Å². The van der Waals surface area contributed by atoms with Crippen LogP contribution in [-0.2, 0) is 4.74 Å². The highest BCUT2D eigenvalue weighted by atomic mass is 19.3. The molecule has 1 aromatic carbocycles. The van der Waals surface area contributed by atoms with Crippen LogP contribution in [-0.4, -0.2) is 50.8 Å². The van der Waals surface area contributed by atoms with E-state index in [2.05, 4.69) is 4.74 Å². The fourth-order valence-electron chi connectivity index (χ4n) is 1.75. The van der Waals surface area contributed by atoms with E-state index in [1.165, 1.54) is 37.3 Å². The number of hydrogen-bond acceptors (Lipinski definition) is 4. The first-order valence-electron chi connectivity index (χ1n) is 5.99. The van der Waals surface area contributed by atoms with Gasteiger partial charge in [-0.05, 0) is 12.1 Å². The minimum absolute atomic E-state index is 0.0694. The summed E-state index contributed by atoms with van der Waals surface area (Å²) in [7, 11) is 3.05. The van der Waals surface area contributed by atoms with Crippen molar-refractivity contribution in [3.63, 3.8) is 0 Å². The second-order valence-electron chi connectivity index (χ2n) is 4.28.